The van der Waals surface area contributed by atoms with Crippen LogP contribution in [-0.4, -0.2) is 15.9 Å². The number of benzene rings is 2. The van der Waals surface area contributed by atoms with Crippen molar-refractivity contribution in [2.24, 2.45) is 0 Å². The molecule has 2 aromatic heterocycles. The lowest BCUT2D eigenvalue weighted by molar-refractivity contribution is -0.118. The molecule has 2 heterocycles. The number of pyridine rings is 1. The van der Waals surface area contributed by atoms with Crippen molar-refractivity contribution in [3.05, 3.63) is 89.2 Å². The van der Waals surface area contributed by atoms with Crippen molar-refractivity contribution >= 4 is 32.6 Å². The van der Waals surface area contributed by atoms with E-state index in [1.54, 1.807) is 28.6 Å². The Morgan fingerprint density at radius 2 is 1.79 bits per heavy atom. The molecule has 0 fully saturated rings. The van der Waals surface area contributed by atoms with Crippen LogP contribution in [0.15, 0.2) is 67.0 Å². The van der Waals surface area contributed by atoms with Gasteiger partial charge in [0.2, 0.25) is 5.91 Å². The molecule has 28 heavy (non-hydrogen) atoms. The first-order valence-corrected chi connectivity index (χ1v) is 10.0. The Balaban J connectivity index is 1.67. The molecule has 0 bridgehead atoms. The number of anilines is 1. The molecule has 140 valence electrons. The van der Waals surface area contributed by atoms with E-state index in [2.05, 4.69) is 18.0 Å². The molecule has 4 rings (SSSR count). The van der Waals surface area contributed by atoms with Crippen molar-refractivity contribution < 1.29 is 4.79 Å². The minimum atomic E-state index is 0.0310. The molecule has 4 aromatic rings. The Morgan fingerprint density at radius 1 is 1.00 bits per heavy atom. The highest BCUT2D eigenvalue weighted by molar-refractivity contribution is 7.22. The first-order valence-electron chi connectivity index (χ1n) is 9.20. The molecule has 1 amide bonds. The fourth-order valence-corrected chi connectivity index (χ4v) is 4.13. The van der Waals surface area contributed by atoms with E-state index in [9.17, 15) is 4.79 Å². The number of amides is 1. The molecule has 0 N–H and O–H groups in total. The Hall–Kier alpha value is -3.05. The fraction of sp³-hybridized carbons (Fsp3) is 0.174. The summed E-state index contributed by atoms with van der Waals surface area (Å²) in [5, 5.41) is 0.724. The normalized spacial score (nSPS) is 10.9. The quantitative estimate of drug-likeness (QED) is 0.479. The molecule has 0 saturated heterocycles. The van der Waals surface area contributed by atoms with Gasteiger partial charge in [-0.3, -0.25) is 14.7 Å². The maximum absolute atomic E-state index is 13.2. The van der Waals surface area contributed by atoms with Crippen molar-refractivity contribution in [3.63, 3.8) is 0 Å². The average Bonchev–Trinajstić information content (AvgIpc) is 3.11. The summed E-state index contributed by atoms with van der Waals surface area (Å²) in [4.78, 5) is 23.9. The minimum absolute atomic E-state index is 0.0310. The molecule has 0 radical (unpaired) electrons. The number of carbonyl (C=O) groups excluding carboxylic acids is 1. The van der Waals surface area contributed by atoms with Crippen LogP contribution in [0.5, 0.6) is 0 Å². The number of fused-ring (bicyclic) bond motifs is 1. The third-order valence-corrected chi connectivity index (χ3v) is 5.65. The van der Waals surface area contributed by atoms with Crippen LogP contribution in [-0.2, 0) is 17.8 Å². The van der Waals surface area contributed by atoms with E-state index in [1.807, 2.05) is 55.5 Å². The third kappa shape index (κ3) is 4.10. The highest BCUT2D eigenvalue weighted by Gasteiger charge is 2.20. The van der Waals surface area contributed by atoms with Crippen LogP contribution >= 0.6 is 11.3 Å². The largest absolute Gasteiger partial charge is 0.283 e. The Bertz CT molecular complexity index is 1100. The standard InChI is InChI=1S/C23H21N3OS/c1-16-5-8-18(9-6-16)13-22(27)26(15-19-4-3-11-24-14-19)23-25-20-10-7-17(2)12-21(20)28-23/h3-12,14H,13,15H2,1-2H3. The molecule has 0 aliphatic heterocycles. The van der Waals surface area contributed by atoms with E-state index in [-0.39, 0.29) is 5.91 Å². The van der Waals surface area contributed by atoms with Gasteiger partial charge >= 0.3 is 0 Å². The summed E-state index contributed by atoms with van der Waals surface area (Å²) in [6.07, 6.45) is 3.88. The van der Waals surface area contributed by atoms with E-state index in [4.69, 9.17) is 4.98 Å². The molecule has 4 nitrogen and oxygen atoms in total. The minimum Gasteiger partial charge on any atom is -0.283 e. The van der Waals surface area contributed by atoms with Crippen LogP contribution in [0.4, 0.5) is 5.13 Å². The van der Waals surface area contributed by atoms with E-state index in [1.165, 1.54) is 11.1 Å². The highest BCUT2D eigenvalue weighted by Crippen LogP contribution is 2.31. The van der Waals surface area contributed by atoms with Gasteiger partial charge in [-0.05, 0) is 48.7 Å². The van der Waals surface area contributed by atoms with Crippen LogP contribution < -0.4 is 4.90 Å². The predicted octanol–water partition coefficient (Wildman–Crippen LogP) is 5.08. The zero-order valence-corrected chi connectivity index (χ0v) is 16.7. The second kappa shape index (κ2) is 7.90. The van der Waals surface area contributed by atoms with Crippen molar-refractivity contribution in [1.82, 2.24) is 9.97 Å². The Labute approximate surface area is 168 Å². The number of hydrogen-bond acceptors (Lipinski definition) is 4. The summed E-state index contributed by atoms with van der Waals surface area (Å²) in [6.45, 7) is 4.57. The number of carbonyl (C=O) groups is 1. The fourth-order valence-electron chi connectivity index (χ4n) is 3.05. The lowest BCUT2D eigenvalue weighted by Gasteiger charge is -2.20. The van der Waals surface area contributed by atoms with Crippen molar-refractivity contribution in [3.8, 4) is 0 Å². The molecule has 5 heteroatoms. The SMILES string of the molecule is Cc1ccc(CC(=O)N(Cc2cccnc2)c2nc3ccc(C)cc3s2)cc1. The molecular formula is C23H21N3OS. The zero-order chi connectivity index (χ0) is 19.5. The molecule has 0 saturated carbocycles. The number of rotatable bonds is 5. The molecule has 0 aliphatic carbocycles. The van der Waals surface area contributed by atoms with Gasteiger partial charge in [0, 0.05) is 12.4 Å². The molecule has 0 unspecified atom stereocenters. The van der Waals surface area contributed by atoms with Crippen molar-refractivity contribution in [2.75, 3.05) is 4.90 Å². The van der Waals surface area contributed by atoms with E-state index >= 15 is 0 Å². The van der Waals surface area contributed by atoms with Gasteiger partial charge in [0.25, 0.3) is 0 Å². The van der Waals surface area contributed by atoms with Crippen LogP contribution in [0.1, 0.15) is 22.3 Å². The summed E-state index contributed by atoms with van der Waals surface area (Å²) in [5.74, 6) is 0.0310. The average molecular weight is 388 g/mol. The number of nitrogens with zero attached hydrogens (tertiary/aromatic N) is 3. The summed E-state index contributed by atoms with van der Waals surface area (Å²) < 4.78 is 1.09. The summed E-state index contributed by atoms with van der Waals surface area (Å²) in [6, 6.07) is 18.1. The summed E-state index contributed by atoms with van der Waals surface area (Å²) in [7, 11) is 0. The topological polar surface area (TPSA) is 46.1 Å². The van der Waals surface area contributed by atoms with Crippen molar-refractivity contribution in [1.29, 1.82) is 0 Å². The second-order valence-corrected chi connectivity index (χ2v) is 7.98. The van der Waals surface area contributed by atoms with Crippen LogP contribution in [0, 0.1) is 13.8 Å². The van der Waals surface area contributed by atoms with Gasteiger partial charge in [0.15, 0.2) is 5.13 Å². The number of aromatic nitrogens is 2. The maximum Gasteiger partial charge on any atom is 0.233 e. The number of thiazole rings is 1. The Kier molecular flexibility index (Phi) is 5.17. The first kappa shape index (κ1) is 18.3. The third-order valence-electron chi connectivity index (χ3n) is 4.60. The molecule has 0 atom stereocenters. The monoisotopic (exact) mass is 387 g/mol. The zero-order valence-electron chi connectivity index (χ0n) is 15.9. The van der Waals surface area contributed by atoms with Gasteiger partial charge < -0.3 is 0 Å². The predicted molar refractivity (Wildman–Crippen MR) is 115 cm³/mol. The van der Waals surface area contributed by atoms with Gasteiger partial charge in [-0.15, -0.1) is 0 Å². The highest BCUT2D eigenvalue weighted by atomic mass is 32.1. The van der Waals surface area contributed by atoms with Gasteiger partial charge in [-0.25, -0.2) is 4.98 Å². The van der Waals surface area contributed by atoms with E-state index in [0.717, 1.165) is 26.5 Å². The molecule has 2 aromatic carbocycles. The first-order chi connectivity index (χ1) is 13.6. The molecule has 0 spiro atoms. The van der Waals surface area contributed by atoms with Crippen LogP contribution in [0.3, 0.4) is 0 Å². The summed E-state index contributed by atoms with van der Waals surface area (Å²) in [5.41, 5.74) is 5.28. The lowest BCUT2D eigenvalue weighted by Crippen LogP contribution is -2.31. The smallest absolute Gasteiger partial charge is 0.233 e. The maximum atomic E-state index is 13.2. The van der Waals surface area contributed by atoms with Crippen molar-refractivity contribution in [2.45, 2.75) is 26.8 Å². The lowest BCUT2D eigenvalue weighted by atomic mass is 10.1. The number of hydrogen-bond donors (Lipinski definition) is 0. The van der Waals surface area contributed by atoms with Gasteiger partial charge in [0.1, 0.15) is 0 Å². The van der Waals surface area contributed by atoms with Gasteiger partial charge in [0.05, 0.1) is 23.2 Å². The molecule has 0 aliphatic rings. The van der Waals surface area contributed by atoms with E-state index in [0.29, 0.717) is 13.0 Å². The van der Waals surface area contributed by atoms with Crippen LogP contribution in [0.25, 0.3) is 10.2 Å². The second-order valence-electron chi connectivity index (χ2n) is 6.97. The molecular weight excluding hydrogens is 366 g/mol. The van der Waals surface area contributed by atoms with Gasteiger partial charge in [-0.1, -0.05) is 53.3 Å². The van der Waals surface area contributed by atoms with E-state index < -0.39 is 0 Å². The van der Waals surface area contributed by atoms with Gasteiger partial charge in [-0.2, -0.15) is 0 Å². The number of aryl methyl sites for hydroxylation is 2. The summed E-state index contributed by atoms with van der Waals surface area (Å²) >= 11 is 1.55. The Morgan fingerprint density at radius 3 is 2.54 bits per heavy atom. The van der Waals surface area contributed by atoms with Crippen LogP contribution in [0.2, 0.25) is 0 Å².